The Morgan fingerprint density at radius 2 is 1.70 bits per heavy atom. The first-order valence-electron chi connectivity index (χ1n) is 10.4. The molecule has 2 aromatic rings. The zero-order valence-corrected chi connectivity index (χ0v) is 18.2. The number of rotatable bonds is 6. The Balaban J connectivity index is 1.51. The summed E-state index contributed by atoms with van der Waals surface area (Å²) >= 11 is 6.11. The van der Waals surface area contributed by atoms with Crippen LogP contribution in [0.15, 0.2) is 48.5 Å². The van der Waals surface area contributed by atoms with Crippen molar-refractivity contribution >= 4 is 29.2 Å². The monoisotopic (exact) mass is 429 g/mol. The van der Waals surface area contributed by atoms with E-state index < -0.39 is 0 Å². The average molecular weight is 430 g/mol. The predicted molar refractivity (Wildman–Crippen MR) is 119 cm³/mol. The molecule has 1 aliphatic rings. The van der Waals surface area contributed by atoms with Gasteiger partial charge in [-0.2, -0.15) is 0 Å². The van der Waals surface area contributed by atoms with Crippen molar-refractivity contribution in [2.45, 2.75) is 26.7 Å². The number of amides is 3. The molecule has 1 heterocycles. The number of benzene rings is 2. The zero-order valence-electron chi connectivity index (χ0n) is 17.4. The molecule has 1 aliphatic heterocycles. The minimum atomic E-state index is -0.0928. The van der Waals surface area contributed by atoms with Crippen LogP contribution in [0.3, 0.4) is 0 Å². The van der Waals surface area contributed by atoms with Crippen molar-refractivity contribution < 1.29 is 14.3 Å². The lowest BCUT2D eigenvalue weighted by Gasteiger charge is -2.34. The van der Waals surface area contributed by atoms with Gasteiger partial charge in [0.25, 0.3) is 0 Å². The third-order valence-corrected chi connectivity index (χ3v) is 5.67. The SMILES string of the molecule is CCN(CC)C(=O)N1CCC(C(=O)Nc2ccc(Oc3ccccc3Cl)cc2)CC1. The number of nitrogens with zero attached hydrogens (tertiary/aromatic N) is 2. The lowest BCUT2D eigenvalue weighted by molar-refractivity contribution is -0.121. The molecule has 0 radical (unpaired) electrons. The number of hydrogen-bond acceptors (Lipinski definition) is 3. The first kappa shape index (κ1) is 22.0. The first-order chi connectivity index (χ1) is 14.5. The van der Waals surface area contributed by atoms with E-state index in [1.54, 1.807) is 24.3 Å². The third kappa shape index (κ3) is 5.45. The standard InChI is InChI=1S/C23H28ClN3O3/c1-3-26(4-2)23(29)27-15-13-17(14-16-27)22(28)25-18-9-11-19(12-10-18)30-21-8-6-5-7-20(21)24/h5-12,17H,3-4,13-16H2,1-2H3,(H,25,28). The number of anilines is 1. The number of urea groups is 1. The molecule has 1 N–H and O–H groups in total. The Morgan fingerprint density at radius 1 is 1.07 bits per heavy atom. The summed E-state index contributed by atoms with van der Waals surface area (Å²) in [7, 11) is 0. The highest BCUT2D eigenvalue weighted by molar-refractivity contribution is 6.32. The van der Waals surface area contributed by atoms with Gasteiger partial charge < -0.3 is 19.9 Å². The summed E-state index contributed by atoms with van der Waals surface area (Å²) in [5.41, 5.74) is 0.716. The van der Waals surface area contributed by atoms with Crippen LogP contribution in [0.2, 0.25) is 5.02 Å². The molecule has 2 aromatic carbocycles. The van der Waals surface area contributed by atoms with E-state index in [1.807, 2.05) is 47.9 Å². The van der Waals surface area contributed by atoms with E-state index in [2.05, 4.69) is 5.32 Å². The van der Waals surface area contributed by atoms with Crippen LogP contribution < -0.4 is 10.1 Å². The van der Waals surface area contributed by atoms with E-state index in [0.717, 1.165) is 0 Å². The van der Waals surface area contributed by atoms with E-state index in [9.17, 15) is 9.59 Å². The highest BCUT2D eigenvalue weighted by Crippen LogP contribution is 2.29. The Kier molecular flexibility index (Phi) is 7.57. The summed E-state index contributed by atoms with van der Waals surface area (Å²) in [5, 5.41) is 3.51. The molecule has 0 aliphatic carbocycles. The van der Waals surface area contributed by atoms with Gasteiger partial charge in [0, 0.05) is 37.8 Å². The number of halogens is 1. The molecule has 3 amide bonds. The number of piperidine rings is 1. The lowest BCUT2D eigenvalue weighted by atomic mass is 9.96. The number of para-hydroxylation sites is 1. The fraction of sp³-hybridized carbons (Fsp3) is 0.391. The molecule has 3 rings (SSSR count). The molecule has 160 valence electrons. The van der Waals surface area contributed by atoms with Crippen molar-refractivity contribution in [1.29, 1.82) is 0 Å². The van der Waals surface area contributed by atoms with Crippen molar-refractivity contribution in [3.8, 4) is 11.5 Å². The topological polar surface area (TPSA) is 61.9 Å². The van der Waals surface area contributed by atoms with Crippen LogP contribution in [0, 0.1) is 5.92 Å². The first-order valence-corrected chi connectivity index (χ1v) is 10.8. The molecule has 30 heavy (non-hydrogen) atoms. The molecule has 0 atom stereocenters. The third-order valence-electron chi connectivity index (χ3n) is 5.36. The van der Waals surface area contributed by atoms with Gasteiger partial charge in [0.15, 0.2) is 0 Å². The summed E-state index contributed by atoms with van der Waals surface area (Å²) in [4.78, 5) is 28.7. The van der Waals surface area contributed by atoms with Crippen LogP contribution >= 0.6 is 11.6 Å². The van der Waals surface area contributed by atoms with Gasteiger partial charge >= 0.3 is 6.03 Å². The largest absolute Gasteiger partial charge is 0.456 e. The Bertz CT molecular complexity index is 860. The van der Waals surface area contributed by atoms with Crippen molar-refractivity contribution in [2.75, 3.05) is 31.5 Å². The van der Waals surface area contributed by atoms with Crippen molar-refractivity contribution in [2.24, 2.45) is 5.92 Å². The molecule has 1 saturated heterocycles. The second-order valence-corrected chi connectivity index (χ2v) is 7.67. The number of ether oxygens (including phenoxy) is 1. The Morgan fingerprint density at radius 3 is 2.30 bits per heavy atom. The van der Waals surface area contributed by atoms with E-state index in [4.69, 9.17) is 16.3 Å². The molecular weight excluding hydrogens is 402 g/mol. The fourth-order valence-corrected chi connectivity index (χ4v) is 3.71. The number of carbonyl (C=O) groups is 2. The minimum Gasteiger partial charge on any atom is -0.456 e. The average Bonchev–Trinajstić information content (AvgIpc) is 2.77. The number of carbonyl (C=O) groups excluding carboxylic acids is 2. The van der Waals surface area contributed by atoms with Crippen LogP contribution in [0.25, 0.3) is 0 Å². The molecule has 0 unspecified atom stereocenters. The van der Waals surface area contributed by atoms with Crippen LogP contribution in [-0.2, 0) is 4.79 Å². The van der Waals surface area contributed by atoms with Gasteiger partial charge in [-0.1, -0.05) is 23.7 Å². The van der Waals surface area contributed by atoms with Crippen LogP contribution in [0.5, 0.6) is 11.5 Å². The molecule has 7 heteroatoms. The quantitative estimate of drug-likeness (QED) is 0.682. The molecule has 0 saturated carbocycles. The molecule has 1 fully saturated rings. The summed E-state index contributed by atoms with van der Waals surface area (Å²) < 4.78 is 5.77. The Hall–Kier alpha value is -2.73. The molecule has 0 aromatic heterocycles. The van der Waals surface area contributed by atoms with Gasteiger partial charge in [0.2, 0.25) is 5.91 Å². The van der Waals surface area contributed by atoms with E-state index in [1.165, 1.54) is 0 Å². The summed E-state index contributed by atoms with van der Waals surface area (Å²) in [6, 6.07) is 14.5. The summed E-state index contributed by atoms with van der Waals surface area (Å²) in [6.45, 7) is 6.58. The maximum atomic E-state index is 12.6. The van der Waals surface area contributed by atoms with Crippen LogP contribution in [0.4, 0.5) is 10.5 Å². The second kappa shape index (κ2) is 10.3. The maximum absolute atomic E-state index is 12.6. The number of nitrogens with one attached hydrogen (secondary N) is 1. The van der Waals surface area contributed by atoms with Crippen molar-refractivity contribution in [3.63, 3.8) is 0 Å². The van der Waals surface area contributed by atoms with Gasteiger partial charge in [-0.3, -0.25) is 4.79 Å². The van der Waals surface area contributed by atoms with Crippen LogP contribution in [0.1, 0.15) is 26.7 Å². The predicted octanol–water partition coefficient (Wildman–Crippen LogP) is 5.24. The molecule has 0 spiro atoms. The zero-order chi connectivity index (χ0) is 21.5. The molecule has 0 bridgehead atoms. The van der Waals surface area contributed by atoms with Crippen LogP contribution in [-0.4, -0.2) is 47.9 Å². The second-order valence-electron chi connectivity index (χ2n) is 7.26. The maximum Gasteiger partial charge on any atom is 0.319 e. The van der Waals surface area contributed by atoms with Gasteiger partial charge in [0.1, 0.15) is 11.5 Å². The highest BCUT2D eigenvalue weighted by atomic mass is 35.5. The minimum absolute atomic E-state index is 0.00953. The normalized spacial score (nSPS) is 14.3. The van der Waals surface area contributed by atoms with Gasteiger partial charge in [-0.15, -0.1) is 0 Å². The summed E-state index contributed by atoms with van der Waals surface area (Å²) in [6.07, 6.45) is 1.35. The van der Waals surface area contributed by atoms with E-state index >= 15 is 0 Å². The lowest BCUT2D eigenvalue weighted by Crippen LogP contribution is -2.47. The van der Waals surface area contributed by atoms with E-state index in [0.29, 0.717) is 61.2 Å². The molecule has 6 nitrogen and oxygen atoms in total. The summed E-state index contributed by atoms with van der Waals surface area (Å²) in [5.74, 6) is 1.13. The van der Waals surface area contributed by atoms with E-state index in [-0.39, 0.29) is 17.9 Å². The van der Waals surface area contributed by atoms with Gasteiger partial charge in [0.05, 0.1) is 5.02 Å². The molecular formula is C23H28ClN3O3. The highest BCUT2D eigenvalue weighted by Gasteiger charge is 2.28. The number of likely N-dealkylation sites (tertiary alicyclic amines) is 1. The van der Waals surface area contributed by atoms with Crippen molar-refractivity contribution in [1.82, 2.24) is 9.80 Å². The van der Waals surface area contributed by atoms with Crippen molar-refractivity contribution in [3.05, 3.63) is 53.6 Å². The smallest absolute Gasteiger partial charge is 0.319 e. The Labute approximate surface area is 182 Å². The fourth-order valence-electron chi connectivity index (χ4n) is 3.53. The van der Waals surface area contributed by atoms with Gasteiger partial charge in [-0.25, -0.2) is 4.79 Å². The number of hydrogen-bond donors (Lipinski definition) is 1. The van der Waals surface area contributed by atoms with Gasteiger partial charge in [-0.05, 0) is 63.1 Å².